The Kier molecular flexibility index (Phi) is 7.87. The van der Waals surface area contributed by atoms with Crippen LogP contribution >= 0.6 is 0 Å². The first kappa shape index (κ1) is 15.0. The minimum atomic E-state index is 0.889. The molecule has 1 atom stereocenters. The van der Waals surface area contributed by atoms with E-state index in [1.54, 1.807) is 0 Å². The quantitative estimate of drug-likeness (QED) is 0.601. The van der Waals surface area contributed by atoms with Crippen LogP contribution in [-0.2, 0) is 0 Å². The molecule has 0 N–H and O–H groups in total. The second kappa shape index (κ2) is 8.93. The second-order valence-electron chi connectivity index (χ2n) is 5.69. The Labute approximate surface area is 108 Å². The van der Waals surface area contributed by atoms with Gasteiger partial charge < -0.3 is 9.80 Å². The van der Waals surface area contributed by atoms with Gasteiger partial charge in [-0.05, 0) is 18.9 Å². The highest BCUT2D eigenvalue weighted by Gasteiger charge is 2.16. The predicted octanol–water partition coefficient (Wildman–Crippen LogP) is 3.23. The van der Waals surface area contributed by atoms with Gasteiger partial charge >= 0.3 is 0 Å². The summed E-state index contributed by atoms with van der Waals surface area (Å²) in [6.07, 6.45) is 7.07. The molecule has 1 unspecified atom stereocenters. The minimum absolute atomic E-state index is 0.889. The Morgan fingerprint density at radius 2 is 1.53 bits per heavy atom. The first-order chi connectivity index (χ1) is 8.26. The molecular weight excluding hydrogens is 208 g/mol. The number of piperazine rings is 1. The maximum absolute atomic E-state index is 2.66. The van der Waals surface area contributed by atoms with Gasteiger partial charge in [0.15, 0.2) is 0 Å². The van der Waals surface area contributed by atoms with Crippen LogP contribution in [0.4, 0.5) is 0 Å². The topological polar surface area (TPSA) is 6.48 Å². The lowest BCUT2D eigenvalue weighted by atomic mass is 10.0. The van der Waals surface area contributed by atoms with E-state index in [9.17, 15) is 0 Å². The van der Waals surface area contributed by atoms with Gasteiger partial charge in [-0.15, -0.1) is 0 Å². The van der Waals surface area contributed by atoms with Gasteiger partial charge in [0.05, 0.1) is 0 Å². The molecule has 0 aliphatic carbocycles. The van der Waals surface area contributed by atoms with Crippen molar-refractivity contribution >= 4 is 0 Å². The molecule has 0 bridgehead atoms. The molecule has 1 aliphatic rings. The van der Waals surface area contributed by atoms with Crippen molar-refractivity contribution in [1.29, 1.82) is 0 Å². The average molecular weight is 240 g/mol. The maximum atomic E-state index is 2.66. The third kappa shape index (κ3) is 6.42. The average Bonchev–Trinajstić information content (AvgIpc) is 2.36. The summed E-state index contributed by atoms with van der Waals surface area (Å²) in [5, 5.41) is 0. The largest absolute Gasteiger partial charge is 0.301 e. The van der Waals surface area contributed by atoms with Gasteiger partial charge in [-0.2, -0.15) is 0 Å². The van der Waals surface area contributed by atoms with Gasteiger partial charge in [0.25, 0.3) is 0 Å². The van der Waals surface area contributed by atoms with Crippen molar-refractivity contribution in [3.63, 3.8) is 0 Å². The number of nitrogens with zero attached hydrogens (tertiary/aromatic N) is 2. The molecule has 1 rings (SSSR count). The molecule has 0 spiro atoms. The first-order valence-corrected chi connectivity index (χ1v) is 7.71. The van der Waals surface area contributed by atoms with Gasteiger partial charge in [-0.3, -0.25) is 0 Å². The van der Waals surface area contributed by atoms with Crippen molar-refractivity contribution < 1.29 is 0 Å². The van der Waals surface area contributed by atoms with E-state index in [0.717, 1.165) is 5.92 Å². The molecule has 1 saturated heterocycles. The number of hydrogen-bond donors (Lipinski definition) is 0. The molecule has 17 heavy (non-hydrogen) atoms. The van der Waals surface area contributed by atoms with Crippen LogP contribution in [0.3, 0.4) is 0 Å². The van der Waals surface area contributed by atoms with Crippen LogP contribution in [0.1, 0.15) is 52.9 Å². The molecule has 1 aliphatic heterocycles. The number of hydrogen-bond acceptors (Lipinski definition) is 2. The molecule has 102 valence electrons. The van der Waals surface area contributed by atoms with Crippen molar-refractivity contribution in [3.05, 3.63) is 0 Å². The maximum Gasteiger partial charge on any atom is 0.0110 e. The number of unbranched alkanes of at least 4 members (excludes halogenated alkanes) is 3. The third-order valence-electron chi connectivity index (χ3n) is 4.03. The van der Waals surface area contributed by atoms with Crippen LogP contribution in [-0.4, -0.2) is 49.1 Å². The first-order valence-electron chi connectivity index (χ1n) is 7.71. The zero-order valence-electron chi connectivity index (χ0n) is 12.2. The van der Waals surface area contributed by atoms with Crippen LogP contribution in [0.5, 0.6) is 0 Å². The highest BCUT2D eigenvalue weighted by molar-refractivity contribution is 4.72. The summed E-state index contributed by atoms with van der Waals surface area (Å²) in [6.45, 7) is 14.7. The number of likely N-dealkylation sites (N-methyl/N-ethyl adjacent to an activating group) is 1. The summed E-state index contributed by atoms with van der Waals surface area (Å²) in [5.41, 5.74) is 0. The van der Waals surface area contributed by atoms with E-state index < -0.39 is 0 Å². The lowest BCUT2D eigenvalue weighted by Crippen LogP contribution is -2.47. The highest BCUT2D eigenvalue weighted by Crippen LogP contribution is 2.13. The summed E-state index contributed by atoms with van der Waals surface area (Å²) in [4.78, 5) is 5.22. The van der Waals surface area contributed by atoms with Crippen molar-refractivity contribution in [1.82, 2.24) is 9.80 Å². The Hall–Kier alpha value is -0.0800. The van der Waals surface area contributed by atoms with E-state index in [2.05, 4.69) is 30.6 Å². The molecule has 1 fully saturated rings. The highest BCUT2D eigenvalue weighted by atomic mass is 15.3. The molecule has 2 nitrogen and oxygen atoms in total. The molecule has 0 aromatic heterocycles. The monoisotopic (exact) mass is 240 g/mol. The van der Waals surface area contributed by atoms with Gasteiger partial charge in [0.1, 0.15) is 0 Å². The molecule has 0 radical (unpaired) electrons. The van der Waals surface area contributed by atoms with Crippen LogP contribution in [0.2, 0.25) is 0 Å². The van der Waals surface area contributed by atoms with Gasteiger partial charge in [0, 0.05) is 32.7 Å². The lowest BCUT2D eigenvalue weighted by molar-refractivity contribution is 0.122. The van der Waals surface area contributed by atoms with E-state index in [1.807, 2.05) is 0 Å². The Morgan fingerprint density at radius 3 is 2.12 bits per heavy atom. The summed E-state index contributed by atoms with van der Waals surface area (Å²) < 4.78 is 0. The van der Waals surface area contributed by atoms with Crippen LogP contribution in [0.25, 0.3) is 0 Å². The van der Waals surface area contributed by atoms with Gasteiger partial charge in [-0.25, -0.2) is 0 Å². The van der Waals surface area contributed by atoms with Gasteiger partial charge in [-0.1, -0.05) is 46.5 Å². The van der Waals surface area contributed by atoms with Crippen molar-refractivity contribution in [3.8, 4) is 0 Å². The zero-order valence-corrected chi connectivity index (χ0v) is 12.2. The fourth-order valence-electron chi connectivity index (χ4n) is 2.74. The Bertz CT molecular complexity index is 174. The standard InChI is InChI=1S/C15H32N2/c1-4-6-7-8-9-15(3)14-17-12-10-16(5-2)11-13-17/h15H,4-14H2,1-3H3. The summed E-state index contributed by atoms with van der Waals surface area (Å²) in [6, 6.07) is 0. The second-order valence-corrected chi connectivity index (χ2v) is 5.69. The smallest absolute Gasteiger partial charge is 0.0110 e. The third-order valence-corrected chi connectivity index (χ3v) is 4.03. The number of rotatable bonds is 8. The zero-order chi connectivity index (χ0) is 12.5. The van der Waals surface area contributed by atoms with E-state index in [4.69, 9.17) is 0 Å². The normalized spacial score (nSPS) is 20.6. The van der Waals surface area contributed by atoms with E-state index in [1.165, 1.54) is 71.4 Å². The molecular formula is C15H32N2. The molecule has 2 heteroatoms. The van der Waals surface area contributed by atoms with Crippen molar-refractivity contribution in [2.24, 2.45) is 5.92 Å². The van der Waals surface area contributed by atoms with E-state index in [0.29, 0.717) is 0 Å². The summed E-state index contributed by atoms with van der Waals surface area (Å²) in [5.74, 6) is 0.889. The summed E-state index contributed by atoms with van der Waals surface area (Å²) in [7, 11) is 0. The minimum Gasteiger partial charge on any atom is -0.301 e. The van der Waals surface area contributed by atoms with Crippen LogP contribution in [0, 0.1) is 5.92 Å². The molecule has 0 amide bonds. The Morgan fingerprint density at radius 1 is 0.882 bits per heavy atom. The fraction of sp³-hybridized carbons (Fsp3) is 1.00. The predicted molar refractivity (Wildman–Crippen MR) is 76.5 cm³/mol. The van der Waals surface area contributed by atoms with Gasteiger partial charge in [0.2, 0.25) is 0 Å². The lowest BCUT2D eigenvalue weighted by Gasteiger charge is -2.35. The fourth-order valence-corrected chi connectivity index (χ4v) is 2.74. The van der Waals surface area contributed by atoms with E-state index >= 15 is 0 Å². The molecule has 0 aromatic carbocycles. The van der Waals surface area contributed by atoms with Crippen LogP contribution in [0.15, 0.2) is 0 Å². The van der Waals surface area contributed by atoms with Crippen molar-refractivity contribution in [2.75, 3.05) is 39.3 Å². The SMILES string of the molecule is CCCCCCC(C)CN1CCN(CC)CC1. The molecule has 0 saturated carbocycles. The molecule has 1 heterocycles. The van der Waals surface area contributed by atoms with Crippen molar-refractivity contribution in [2.45, 2.75) is 52.9 Å². The van der Waals surface area contributed by atoms with Crippen LogP contribution < -0.4 is 0 Å². The molecule has 0 aromatic rings. The Balaban J connectivity index is 2.04. The summed E-state index contributed by atoms with van der Waals surface area (Å²) >= 11 is 0. The van der Waals surface area contributed by atoms with E-state index in [-0.39, 0.29) is 0 Å².